The highest BCUT2D eigenvalue weighted by atomic mass is 127. The molecule has 0 amide bonds. The lowest BCUT2D eigenvalue weighted by Crippen LogP contribution is -2.08. The number of anilines is 2. The van der Waals surface area contributed by atoms with Gasteiger partial charge in [-0.3, -0.25) is 0 Å². The van der Waals surface area contributed by atoms with E-state index in [0.717, 1.165) is 10.2 Å². The zero-order valence-corrected chi connectivity index (χ0v) is 13.1. The fraction of sp³-hybridized carbons (Fsp3) is 0.231. The van der Waals surface area contributed by atoms with Crippen molar-refractivity contribution in [2.24, 2.45) is 0 Å². The summed E-state index contributed by atoms with van der Waals surface area (Å²) in [7, 11) is 1.35. The van der Waals surface area contributed by atoms with Gasteiger partial charge in [-0.15, -0.1) is 0 Å². The molecule has 2 aromatic rings. The van der Waals surface area contributed by atoms with Crippen molar-refractivity contribution in [2.45, 2.75) is 11.1 Å². The van der Waals surface area contributed by atoms with Crippen LogP contribution in [-0.4, -0.2) is 22.6 Å². The van der Waals surface area contributed by atoms with Crippen LogP contribution in [0.1, 0.15) is 16.1 Å². The van der Waals surface area contributed by atoms with Crippen LogP contribution in [0.3, 0.4) is 0 Å². The summed E-state index contributed by atoms with van der Waals surface area (Å²) in [6.07, 6.45) is 3.57. The monoisotopic (exact) mass is 386 g/mol. The topological polar surface area (TPSA) is 82.2 Å². The molecule has 7 heteroatoms. The number of hydrogen-bond donors (Lipinski definition) is 2. The van der Waals surface area contributed by atoms with Crippen LogP contribution in [0.2, 0.25) is 0 Å². The van der Waals surface area contributed by atoms with Crippen LogP contribution >= 0.6 is 22.6 Å². The molecule has 3 N–H and O–H groups in total. The third kappa shape index (κ3) is 3.21. The fourth-order valence-corrected chi connectivity index (χ4v) is 2.36. The summed E-state index contributed by atoms with van der Waals surface area (Å²) >= 11 is 2.26. The molecule has 0 atom stereocenters. The van der Waals surface area contributed by atoms with Gasteiger partial charge in [0.15, 0.2) is 0 Å². The van der Waals surface area contributed by atoms with Gasteiger partial charge >= 0.3 is 5.97 Å². The molecule has 106 valence electrons. The maximum absolute atomic E-state index is 11.5. The Morgan fingerprint density at radius 1 is 1.55 bits per heavy atom. The summed E-state index contributed by atoms with van der Waals surface area (Å²) in [5.41, 5.74) is 8.70. The highest BCUT2D eigenvalue weighted by molar-refractivity contribution is 14.1. The molecule has 0 saturated heterocycles. The molecule has 2 rings (SSSR count). The summed E-state index contributed by atoms with van der Waals surface area (Å²) in [6, 6.07) is 5.01. The number of carbonyl (C=O) groups excluding carboxylic acids is 1. The van der Waals surface area contributed by atoms with E-state index in [4.69, 9.17) is 10.5 Å². The van der Waals surface area contributed by atoms with E-state index in [-0.39, 0.29) is 5.97 Å². The van der Waals surface area contributed by atoms with Crippen molar-refractivity contribution >= 4 is 39.9 Å². The number of rotatable bonds is 5. The van der Waals surface area contributed by atoms with Gasteiger partial charge in [0.1, 0.15) is 0 Å². The number of ether oxygens (including phenoxy) is 1. The van der Waals surface area contributed by atoms with Gasteiger partial charge in [-0.2, -0.15) is 0 Å². The predicted molar refractivity (Wildman–Crippen MR) is 85.8 cm³/mol. The van der Waals surface area contributed by atoms with Crippen molar-refractivity contribution < 1.29 is 9.53 Å². The van der Waals surface area contributed by atoms with E-state index in [2.05, 4.69) is 32.9 Å². The van der Waals surface area contributed by atoms with Gasteiger partial charge in [-0.05, 0) is 18.2 Å². The van der Waals surface area contributed by atoms with Crippen molar-refractivity contribution in [3.8, 4) is 0 Å². The number of aromatic nitrogens is 2. The molecular weight excluding hydrogens is 371 g/mol. The zero-order valence-electron chi connectivity index (χ0n) is 11.0. The van der Waals surface area contributed by atoms with Crippen molar-refractivity contribution in [1.82, 2.24) is 9.55 Å². The molecule has 20 heavy (non-hydrogen) atoms. The molecule has 0 bridgehead atoms. The molecule has 0 fully saturated rings. The van der Waals surface area contributed by atoms with E-state index in [1.807, 2.05) is 4.57 Å². The minimum atomic E-state index is -0.384. The van der Waals surface area contributed by atoms with Crippen molar-refractivity contribution in [3.05, 3.63) is 42.0 Å². The highest BCUT2D eigenvalue weighted by Gasteiger charge is 2.09. The first-order chi connectivity index (χ1) is 9.65. The van der Waals surface area contributed by atoms with Gasteiger partial charge in [0, 0.05) is 6.20 Å². The van der Waals surface area contributed by atoms with Gasteiger partial charge in [0.2, 0.25) is 0 Å². The molecule has 0 saturated carbocycles. The minimum Gasteiger partial charge on any atom is -0.465 e. The van der Waals surface area contributed by atoms with E-state index in [9.17, 15) is 4.79 Å². The van der Waals surface area contributed by atoms with Crippen LogP contribution in [0.5, 0.6) is 0 Å². The molecule has 1 aromatic heterocycles. The SMILES string of the molecule is COC(=O)c1ccc(N)c(NCc2cncn2CI)c1. The number of imidazole rings is 1. The number of halogens is 1. The number of hydrogen-bond acceptors (Lipinski definition) is 5. The number of nitrogens with one attached hydrogen (secondary N) is 1. The number of carbonyl (C=O) groups is 1. The second-order valence-electron chi connectivity index (χ2n) is 4.12. The molecular formula is C13H15IN4O2. The molecule has 0 unspecified atom stereocenters. The third-order valence-electron chi connectivity index (χ3n) is 2.86. The Labute approximate surface area is 130 Å². The van der Waals surface area contributed by atoms with E-state index in [1.54, 1.807) is 30.7 Å². The van der Waals surface area contributed by atoms with Crippen LogP contribution in [0.4, 0.5) is 11.4 Å². The lowest BCUT2D eigenvalue weighted by atomic mass is 10.1. The first kappa shape index (κ1) is 14.6. The highest BCUT2D eigenvalue weighted by Crippen LogP contribution is 2.21. The summed E-state index contributed by atoms with van der Waals surface area (Å²) in [5.74, 6) is -0.384. The summed E-state index contributed by atoms with van der Waals surface area (Å²) in [5, 5.41) is 3.21. The van der Waals surface area contributed by atoms with E-state index < -0.39 is 0 Å². The van der Waals surface area contributed by atoms with E-state index in [0.29, 0.717) is 23.5 Å². The van der Waals surface area contributed by atoms with Crippen molar-refractivity contribution in [1.29, 1.82) is 0 Å². The minimum absolute atomic E-state index is 0.384. The number of methoxy groups -OCH3 is 1. The van der Waals surface area contributed by atoms with Gasteiger partial charge in [-0.1, -0.05) is 22.6 Å². The maximum atomic E-state index is 11.5. The molecule has 0 radical (unpaired) electrons. The van der Waals surface area contributed by atoms with Crippen LogP contribution in [0.25, 0.3) is 0 Å². The molecule has 0 aliphatic rings. The normalized spacial score (nSPS) is 10.3. The maximum Gasteiger partial charge on any atom is 0.337 e. The van der Waals surface area contributed by atoms with Crippen LogP contribution in [0.15, 0.2) is 30.7 Å². The Morgan fingerprint density at radius 2 is 2.35 bits per heavy atom. The second-order valence-corrected chi connectivity index (χ2v) is 4.80. The first-order valence-electron chi connectivity index (χ1n) is 5.92. The summed E-state index contributed by atoms with van der Waals surface area (Å²) in [4.78, 5) is 15.6. The van der Waals surface area contributed by atoms with Gasteiger partial charge in [0.05, 0.1) is 47.2 Å². The van der Waals surface area contributed by atoms with Crippen LogP contribution in [-0.2, 0) is 15.8 Å². The molecule has 0 aliphatic heterocycles. The zero-order chi connectivity index (χ0) is 14.5. The van der Waals surface area contributed by atoms with Gasteiger partial charge in [-0.25, -0.2) is 9.78 Å². The predicted octanol–water partition coefficient (Wildman–Crippen LogP) is 2.26. The Bertz CT molecular complexity index is 612. The summed E-state index contributed by atoms with van der Waals surface area (Å²) < 4.78 is 7.54. The number of nitrogen functional groups attached to an aromatic ring is 1. The summed E-state index contributed by atoms with van der Waals surface area (Å²) in [6.45, 7) is 0.581. The van der Waals surface area contributed by atoms with Crippen LogP contribution < -0.4 is 11.1 Å². The number of nitrogens with zero attached hydrogens (tertiary/aromatic N) is 2. The number of nitrogens with two attached hydrogens (primary N) is 1. The smallest absolute Gasteiger partial charge is 0.337 e. The van der Waals surface area contributed by atoms with E-state index in [1.165, 1.54) is 7.11 Å². The lowest BCUT2D eigenvalue weighted by Gasteiger charge is -2.11. The molecule has 6 nitrogen and oxygen atoms in total. The Kier molecular flexibility index (Phi) is 4.83. The number of alkyl halides is 1. The lowest BCUT2D eigenvalue weighted by molar-refractivity contribution is 0.0601. The average molecular weight is 386 g/mol. The third-order valence-corrected chi connectivity index (χ3v) is 3.60. The Hall–Kier alpha value is -1.77. The quantitative estimate of drug-likeness (QED) is 0.357. The average Bonchev–Trinajstić information content (AvgIpc) is 2.93. The Balaban J connectivity index is 2.14. The van der Waals surface area contributed by atoms with Gasteiger partial charge in [0.25, 0.3) is 0 Å². The van der Waals surface area contributed by atoms with E-state index >= 15 is 0 Å². The number of esters is 1. The second kappa shape index (κ2) is 6.60. The standard InChI is InChI=1S/C13H15IN4O2/c1-20-13(19)9-2-3-11(15)12(4-9)17-6-10-5-16-8-18(10)7-14/h2-5,8,17H,6-7,15H2,1H3. The Morgan fingerprint density at radius 3 is 3.05 bits per heavy atom. The molecule has 1 aromatic carbocycles. The largest absolute Gasteiger partial charge is 0.465 e. The van der Waals surface area contributed by atoms with Gasteiger partial charge < -0.3 is 20.4 Å². The van der Waals surface area contributed by atoms with Crippen molar-refractivity contribution in [3.63, 3.8) is 0 Å². The molecule has 1 heterocycles. The number of benzene rings is 1. The fourth-order valence-electron chi connectivity index (χ4n) is 1.74. The molecule has 0 spiro atoms. The molecule has 0 aliphatic carbocycles. The van der Waals surface area contributed by atoms with Crippen molar-refractivity contribution in [2.75, 3.05) is 18.2 Å². The van der Waals surface area contributed by atoms with Crippen LogP contribution in [0, 0.1) is 0 Å². The first-order valence-corrected chi connectivity index (χ1v) is 7.45.